The summed E-state index contributed by atoms with van der Waals surface area (Å²) in [5.41, 5.74) is 3.11. The third-order valence-corrected chi connectivity index (χ3v) is 5.71. The van der Waals surface area contributed by atoms with Gasteiger partial charge in [0, 0.05) is 43.6 Å². The number of benzene rings is 2. The van der Waals surface area contributed by atoms with Gasteiger partial charge >= 0.3 is 5.97 Å². The molecule has 3 aromatic rings. The number of rotatable bonds is 8. The number of carbonyl (C=O) groups is 1. The number of fused-ring (bicyclic) bond motifs is 1. The van der Waals surface area contributed by atoms with Crippen molar-refractivity contribution in [2.24, 2.45) is 0 Å². The molecule has 0 atom stereocenters. The molecule has 2 aromatic carbocycles. The molecule has 7 heteroatoms. The van der Waals surface area contributed by atoms with Crippen molar-refractivity contribution in [1.29, 1.82) is 5.26 Å². The highest BCUT2D eigenvalue weighted by Gasteiger charge is 2.18. The summed E-state index contributed by atoms with van der Waals surface area (Å²) in [6.07, 6.45) is 0.939. The van der Waals surface area contributed by atoms with Crippen molar-refractivity contribution in [1.82, 2.24) is 9.88 Å². The number of hydrogen-bond acceptors (Lipinski definition) is 6. The molecule has 2 heterocycles. The van der Waals surface area contributed by atoms with Gasteiger partial charge in [-0.05, 0) is 49.7 Å². The quantitative estimate of drug-likeness (QED) is 0.431. The van der Waals surface area contributed by atoms with Crippen molar-refractivity contribution < 1.29 is 14.3 Å². The highest BCUT2D eigenvalue weighted by Crippen LogP contribution is 2.23. The van der Waals surface area contributed by atoms with Gasteiger partial charge in [-0.3, -0.25) is 4.90 Å². The summed E-state index contributed by atoms with van der Waals surface area (Å²) in [5, 5.41) is 10.3. The van der Waals surface area contributed by atoms with Crippen LogP contribution in [0.3, 0.4) is 0 Å². The maximum absolute atomic E-state index is 11.9. The zero-order valence-corrected chi connectivity index (χ0v) is 18.3. The van der Waals surface area contributed by atoms with Gasteiger partial charge in [-0.25, -0.2) is 4.79 Å². The summed E-state index contributed by atoms with van der Waals surface area (Å²) in [6, 6.07) is 17.7. The van der Waals surface area contributed by atoms with E-state index in [1.165, 1.54) is 0 Å². The summed E-state index contributed by atoms with van der Waals surface area (Å²) in [6.45, 7) is 7.56. The van der Waals surface area contributed by atoms with Gasteiger partial charge in [0.05, 0.1) is 24.5 Å². The van der Waals surface area contributed by atoms with E-state index < -0.39 is 0 Å². The highest BCUT2D eigenvalue weighted by atomic mass is 16.5. The maximum Gasteiger partial charge on any atom is 0.354 e. The van der Waals surface area contributed by atoms with E-state index in [0.717, 1.165) is 67.0 Å². The Balaban J connectivity index is 1.22. The number of anilines is 1. The lowest BCUT2D eigenvalue weighted by molar-refractivity contribution is 0.0520. The van der Waals surface area contributed by atoms with Crippen LogP contribution in [0.25, 0.3) is 10.9 Å². The number of nitrogens with zero attached hydrogens (tertiary/aromatic N) is 3. The normalized spacial score (nSPS) is 14.3. The SMILES string of the molecule is CCOC(=O)c1cc2cc(OCCCN3CCN(c4ccccc4C#N)CC3)ccc2[nH]1. The molecule has 0 radical (unpaired) electrons. The number of carbonyl (C=O) groups excluding carboxylic acids is 1. The molecule has 0 bridgehead atoms. The van der Waals surface area contributed by atoms with Crippen molar-refractivity contribution in [3.05, 3.63) is 59.8 Å². The molecule has 7 nitrogen and oxygen atoms in total. The number of H-pyrrole nitrogens is 1. The molecule has 32 heavy (non-hydrogen) atoms. The van der Waals surface area contributed by atoms with Crippen molar-refractivity contribution in [3.63, 3.8) is 0 Å². The molecule has 1 aromatic heterocycles. The van der Waals surface area contributed by atoms with E-state index in [2.05, 4.69) is 20.9 Å². The molecule has 0 unspecified atom stereocenters. The first kappa shape index (κ1) is 21.7. The second-order valence-corrected chi connectivity index (χ2v) is 7.81. The first-order chi connectivity index (χ1) is 15.7. The third-order valence-electron chi connectivity index (χ3n) is 5.71. The number of hydrogen-bond donors (Lipinski definition) is 1. The van der Waals surface area contributed by atoms with Gasteiger partial charge in [0.2, 0.25) is 0 Å². The Morgan fingerprint density at radius 3 is 2.72 bits per heavy atom. The number of esters is 1. The van der Waals surface area contributed by atoms with E-state index in [1.807, 2.05) is 42.5 Å². The molecule has 0 spiro atoms. The molecule has 0 amide bonds. The largest absolute Gasteiger partial charge is 0.494 e. The number of ether oxygens (including phenoxy) is 2. The van der Waals surface area contributed by atoms with Crippen molar-refractivity contribution in [2.75, 3.05) is 50.8 Å². The number of aromatic amines is 1. The molecule has 166 valence electrons. The van der Waals surface area contributed by atoms with Crippen molar-refractivity contribution >= 4 is 22.6 Å². The predicted molar refractivity (Wildman–Crippen MR) is 124 cm³/mol. The van der Waals surface area contributed by atoms with Crippen LogP contribution in [0.15, 0.2) is 48.5 Å². The van der Waals surface area contributed by atoms with Gasteiger partial charge < -0.3 is 19.4 Å². The zero-order valence-electron chi connectivity index (χ0n) is 18.3. The minimum absolute atomic E-state index is 0.345. The molecule has 1 saturated heterocycles. The fourth-order valence-corrected chi connectivity index (χ4v) is 4.05. The zero-order chi connectivity index (χ0) is 22.3. The summed E-state index contributed by atoms with van der Waals surface area (Å²) in [4.78, 5) is 19.7. The highest BCUT2D eigenvalue weighted by molar-refractivity contribution is 5.95. The van der Waals surface area contributed by atoms with Crippen LogP contribution >= 0.6 is 0 Å². The lowest BCUT2D eigenvalue weighted by atomic mass is 10.1. The molecule has 1 fully saturated rings. The minimum atomic E-state index is -0.345. The van der Waals surface area contributed by atoms with Crippen LogP contribution in [0.4, 0.5) is 5.69 Å². The standard InChI is InChI=1S/C25H28N4O3/c1-2-31-25(30)23-17-20-16-21(8-9-22(20)27-23)32-15-5-10-28-11-13-29(14-12-28)24-7-4-3-6-19(24)18-26/h3-4,6-9,16-17,27H,2,5,10-15H2,1H3. The molecule has 0 saturated carbocycles. The molecule has 4 rings (SSSR count). The Bertz CT molecular complexity index is 1110. The predicted octanol–water partition coefficient (Wildman–Crippen LogP) is 3.81. The smallest absolute Gasteiger partial charge is 0.354 e. The summed E-state index contributed by atoms with van der Waals surface area (Å²) in [5.74, 6) is 0.451. The summed E-state index contributed by atoms with van der Waals surface area (Å²) >= 11 is 0. The van der Waals surface area contributed by atoms with Gasteiger partial charge in [-0.2, -0.15) is 5.26 Å². The lowest BCUT2D eigenvalue weighted by Crippen LogP contribution is -2.47. The van der Waals surface area contributed by atoms with Gasteiger partial charge in [0.25, 0.3) is 0 Å². The van der Waals surface area contributed by atoms with Crippen molar-refractivity contribution in [3.8, 4) is 11.8 Å². The molecule has 0 aliphatic carbocycles. The molecule has 1 N–H and O–H groups in total. The number of aromatic nitrogens is 1. The average Bonchev–Trinajstić information content (AvgIpc) is 3.26. The van der Waals surface area contributed by atoms with Gasteiger partial charge in [0.15, 0.2) is 0 Å². The topological polar surface area (TPSA) is 81.6 Å². The Morgan fingerprint density at radius 1 is 1.12 bits per heavy atom. The fraction of sp³-hybridized carbons (Fsp3) is 0.360. The Kier molecular flexibility index (Phi) is 6.93. The monoisotopic (exact) mass is 432 g/mol. The first-order valence-electron chi connectivity index (χ1n) is 11.1. The van der Waals surface area contributed by atoms with Crippen molar-refractivity contribution in [2.45, 2.75) is 13.3 Å². The third kappa shape index (κ3) is 5.04. The lowest BCUT2D eigenvalue weighted by Gasteiger charge is -2.36. The van der Waals surface area contributed by atoms with E-state index in [9.17, 15) is 10.1 Å². The van der Waals surface area contributed by atoms with Gasteiger partial charge in [0.1, 0.15) is 17.5 Å². The molecular formula is C25H28N4O3. The molecule has 1 aliphatic heterocycles. The number of nitrogens with one attached hydrogen (secondary N) is 1. The van der Waals surface area contributed by atoms with Crippen LogP contribution in [0, 0.1) is 11.3 Å². The van der Waals surface area contributed by atoms with E-state index in [0.29, 0.717) is 18.9 Å². The maximum atomic E-state index is 11.9. The fourth-order valence-electron chi connectivity index (χ4n) is 4.05. The van der Waals surface area contributed by atoms with Gasteiger partial charge in [-0.15, -0.1) is 0 Å². The van der Waals surface area contributed by atoms with E-state index >= 15 is 0 Å². The first-order valence-corrected chi connectivity index (χ1v) is 11.1. The number of para-hydroxylation sites is 1. The Morgan fingerprint density at radius 2 is 1.94 bits per heavy atom. The van der Waals surface area contributed by atoms with Crippen LogP contribution in [0.2, 0.25) is 0 Å². The summed E-state index contributed by atoms with van der Waals surface area (Å²) < 4.78 is 11.0. The minimum Gasteiger partial charge on any atom is -0.494 e. The van der Waals surface area contributed by atoms with E-state index in [4.69, 9.17) is 9.47 Å². The second kappa shape index (κ2) is 10.2. The van der Waals surface area contributed by atoms with E-state index in [-0.39, 0.29) is 5.97 Å². The molecular weight excluding hydrogens is 404 g/mol. The Hall–Kier alpha value is -3.50. The average molecular weight is 433 g/mol. The van der Waals surface area contributed by atoms with Gasteiger partial charge in [-0.1, -0.05) is 12.1 Å². The van der Waals surface area contributed by atoms with Crippen LogP contribution in [0.1, 0.15) is 29.4 Å². The van der Waals surface area contributed by atoms with Crippen LogP contribution in [-0.2, 0) is 4.74 Å². The summed E-state index contributed by atoms with van der Waals surface area (Å²) in [7, 11) is 0. The van der Waals surface area contributed by atoms with Crippen LogP contribution < -0.4 is 9.64 Å². The van der Waals surface area contributed by atoms with Crippen LogP contribution in [-0.4, -0.2) is 61.8 Å². The Labute approximate surface area is 188 Å². The number of piperazine rings is 1. The van der Waals surface area contributed by atoms with E-state index in [1.54, 1.807) is 13.0 Å². The second-order valence-electron chi connectivity index (χ2n) is 7.81. The molecule has 1 aliphatic rings. The number of nitriles is 1. The van der Waals surface area contributed by atoms with Crippen LogP contribution in [0.5, 0.6) is 5.75 Å².